The van der Waals surface area contributed by atoms with E-state index in [1.165, 1.54) is 23.0 Å². The zero-order chi connectivity index (χ0) is 24.1. The fraction of sp³-hybridized carbons (Fsp3) is 0. The van der Waals surface area contributed by atoms with Crippen molar-refractivity contribution >= 4 is 80.2 Å². The van der Waals surface area contributed by atoms with Gasteiger partial charge in [0.25, 0.3) is 0 Å². The number of anilines is 1. The minimum Gasteiger partial charge on any atom is -0.306 e. The Bertz CT molecular complexity index is 1350. The van der Waals surface area contributed by atoms with Gasteiger partial charge in [-0.15, -0.1) is 11.3 Å². The largest absolute Gasteiger partial charge is 0.306 e. The zero-order valence-electron chi connectivity index (χ0n) is 17.5. The van der Waals surface area contributed by atoms with Crippen molar-refractivity contribution in [3.8, 4) is 11.3 Å². The summed E-state index contributed by atoms with van der Waals surface area (Å²) in [5.41, 5.74) is 2.77. The van der Waals surface area contributed by atoms with E-state index in [0.29, 0.717) is 36.5 Å². The highest BCUT2D eigenvalue weighted by molar-refractivity contribution is 7.72. The molecule has 9 heteroatoms. The lowest BCUT2D eigenvalue weighted by atomic mass is 10.2. The maximum absolute atomic E-state index is 14.1. The summed E-state index contributed by atoms with van der Waals surface area (Å²) in [7, 11) is -3.43. The molecule has 1 aromatic heterocycles. The van der Waals surface area contributed by atoms with Gasteiger partial charge >= 0.3 is 0 Å². The lowest BCUT2D eigenvalue weighted by Crippen LogP contribution is -1.94. The van der Waals surface area contributed by atoms with Crippen LogP contribution in [0.15, 0.2) is 95.9 Å². The van der Waals surface area contributed by atoms with Crippen LogP contribution in [0.3, 0.4) is 0 Å². The van der Waals surface area contributed by atoms with Crippen LogP contribution in [0.5, 0.6) is 0 Å². The summed E-state index contributed by atoms with van der Waals surface area (Å²) in [5, 5.41) is 7.02. The molecule has 4 aromatic rings. The smallest absolute Gasteiger partial charge is 0.217 e. The van der Waals surface area contributed by atoms with Crippen LogP contribution in [0, 0.1) is 0 Å². The van der Waals surface area contributed by atoms with Crippen molar-refractivity contribution in [1.29, 1.82) is 0 Å². The molecule has 0 aliphatic carbocycles. The first-order valence-corrected chi connectivity index (χ1v) is 14.2. The molecule has 0 atom stereocenters. The number of nitrogens with one attached hydrogen (secondary N) is 1. The predicted octanol–water partition coefficient (Wildman–Crippen LogP) is 10.3. The fourth-order valence-electron chi connectivity index (χ4n) is 3.07. The zero-order valence-corrected chi connectivity index (χ0v) is 22.2. The highest BCUT2D eigenvalue weighted by atomic mass is 35.5. The van der Waals surface area contributed by atoms with Gasteiger partial charge in [0, 0.05) is 27.6 Å². The van der Waals surface area contributed by atoms with Crippen molar-refractivity contribution < 1.29 is 4.57 Å². The third kappa shape index (κ3) is 6.34. The van der Waals surface area contributed by atoms with Crippen LogP contribution in [0.2, 0.25) is 10.0 Å². The molecule has 0 amide bonds. The summed E-state index contributed by atoms with van der Waals surface area (Å²) in [6.45, 7) is 0. The van der Waals surface area contributed by atoms with E-state index in [1.807, 2.05) is 66.0 Å². The van der Waals surface area contributed by atoms with E-state index in [-0.39, 0.29) is 0 Å². The number of benzene rings is 3. The maximum Gasteiger partial charge on any atom is 0.217 e. The van der Waals surface area contributed by atoms with Crippen molar-refractivity contribution in [2.75, 3.05) is 5.09 Å². The van der Waals surface area contributed by atoms with E-state index >= 15 is 0 Å². The van der Waals surface area contributed by atoms with Gasteiger partial charge in [-0.05, 0) is 29.3 Å². The van der Waals surface area contributed by atoms with Crippen LogP contribution >= 0.6 is 65.0 Å². The molecule has 34 heavy (non-hydrogen) atoms. The molecule has 0 spiro atoms. The Morgan fingerprint density at radius 1 is 0.853 bits per heavy atom. The Morgan fingerprint density at radius 2 is 1.41 bits per heavy atom. The Kier molecular flexibility index (Phi) is 8.21. The fourth-order valence-corrected chi connectivity index (χ4v) is 7.30. The Hall–Kier alpha value is -2.04. The van der Waals surface area contributed by atoms with Crippen molar-refractivity contribution in [3.63, 3.8) is 0 Å². The molecule has 4 rings (SSSR count). The molecule has 0 unspecified atom stereocenters. The van der Waals surface area contributed by atoms with E-state index in [2.05, 4.69) is 10.1 Å². The third-order valence-electron chi connectivity index (χ3n) is 4.69. The Morgan fingerprint density at radius 3 is 1.97 bits per heavy atom. The molecule has 172 valence electrons. The van der Waals surface area contributed by atoms with Crippen LogP contribution in [-0.4, -0.2) is 4.98 Å². The van der Waals surface area contributed by atoms with Crippen LogP contribution in [-0.2, 0) is 4.57 Å². The molecule has 0 bridgehead atoms. The molecule has 0 fully saturated rings. The molecule has 1 N–H and O–H groups in total. The second kappa shape index (κ2) is 11.1. The van der Waals surface area contributed by atoms with Gasteiger partial charge in [0.15, 0.2) is 5.13 Å². The number of thiazole rings is 1. The average molecular weight is 566 g/mol. The average Bonchev–Trinajstić information content (AvgIpc) is 3.29. The van der Waals surface area contributed by atoms with Crippen molar-refractivity contribution in [2.24, 2.45) is 0 Å². The lowest BCUT2D eigenvalue weighted by molar-refractivity contribution is 0.589. The molecule has 0 aliphatic heterocycles. The quantitative estimate of drug-likeness (QED) is 0.227. The molecule has 0 radical (unpaired) electrons. The molecule has 1 heterocycles. The van der Waals surface area contributed by atoms with Crippen molar-refractivity contribution in [1.82, 2.24) is 4.98 Å². The summed E-state index contributed by atoms with van der Waals surface area (Å²) in [4.78, 5) is 4.57. The van der Waals surface area contributed by atoms with E-state index in [0.717, 1.165) is 11.1 Å². The first-order valence-electron chi connectivity index (χ1n) is 9.99. The van der Waals surface area contributed by atoms with Gasteiger partial charge in [0.2, 0.25) is 7.29 Å². The maximum atomic E-state index is 14.1. The second-order valence-corrected chi connectivity index (χ2v) is 11.8. The molecule has 3 aromatic carbocycles. The SMILES string of the molecule is O=P(/C=C(\Cl)c1ccccc1)(/C=C(\Cl)c1ccccc1)Nc1nc(-c2cc(Cl)ccc2Cl)cs1. The number of rotatable bonds is 7. The predicted molar refractivity (Wildman–Crippen MR) is 149 cm³/mol. The molecule has 0 aliphatic rings. The highest BCUT2D eigenvalue weighted by Crippen LogP contribution is 2.54. The number of nitrogens with zero attached hydrogens (tertiary/aromatic N) is 1. The molecule has 0 saturated carbocycles. The van der Waals surface area contributed by atoms with E-state index in [4.69, 9.17) is 46.4 Å². The lowest BCUT2D eigenvalue weighted by Gasteiger charge is -2.14. The Labute approximate surface area is 222 Å². The standard InChI is InChI=1S/C25H17Cl4N2OPS/c26-19-11-12-21(27)20(13-19)24-16-34-25(30-24)31-33(32,14-22(28)17-7-3-1-4-8-17)15-23(29)18-9-5-2-6-10-18/h1-16H,(H,30,31,32)/b22-14-,23-15-. The van der Waals surface area contributed by atoms with Crippen LogP contribution in [0.4, 0.5) is 5.13 Å². The topological polar surface area (TPSA) is 42.0 Å². The number of hydrogen-bond donors (Lipinski definition) is 1. The number of halogens is 4. The number of aromatic nitrogens is 1. The van der Waals surface area contributed by atoms with E-state index in [9.17, 15) is 4.57 Å². The Balaban J connectivity index is 1.72. The summed E-state index contributed by atoms with van der Waals surface area (Å²) in [5.74, 6) is 2.98. The van der Waals surface area contributed by atoms with Gasteiger partial charge in [-0.1, -0.05) is 107 Å². The minimum absolute atomic E-state index is 0.333. The molecule has 0 saturated heterocycles. The molecule has 3 nitrogen and oxygen atoms in total. The summed E-state index contributed by atoms with van der Waals surface area (Å²) in [6, 6.07) is 23.7. The van der Waals surface area contributed by atoms with Crippen LogP contribution < -0.4 is 5.09 Å². The minimum atomic E-state index is -3.43. The normalized spacial score (nSPS) is 12.6. The van der Waals surface area contributed by atoms with Gasteiger partial charge in [0.1, 0.15) is 0 Å². The monoisotopic (exact) mass is 564 g/mol. The van der Waals surface area contributed by atoms with E-state index in [1.54, 1.807) is 18.2 Å². The first kappa shape index (κ1) is 25.1. The van der Waals surface area contributed by atoms with Gasteiger partial charge < -0.3 is 5.09 Å². The van der Waals surface area contributed by atoms with Crippen molar-refractivity contribution in [2.45, 2.75) is 0 Å². The van der Waals surface area contributed by atoms with Gasteiger partial charge in [0.05, 0.1) is 20.8 Å². The van der Waals surface area contributed by atoms with Gasteiger partial charge in [-0.25, -0.2) is 4.98 Å². The van der Waals surface area contributed by atoms with Crippen molar-refractivity contribution in [3.05, 3.63) is 117 Å². The van der Waals surface area contributed by atoms with Gasteiger partial charge in [-0.2, -0.15) is 0 Å². The van der Waals surface area contributed by atoms with Gasteiger partial charge in [-0.3, -0.25) is 4.57 Å². The highest BCUT2D eigenvalue weighted by Gasteiger charge is 2.22. The number of hydrogen-bond acceptors (Lipinski definition) is 3. The summed E-state index contributed by atoms with van der Waals surface area (Å²) < 4.78 is 14.1. The first-order chi connectivity index (χ1) is 16.3. The van der Waals surface area contributed by atoms with Crippen LogP contribution in [0.25, 0.3) is 21.3 Å². The van der Waals surface area contributed by atoms with Crippen LogP contribution in [0.1, 0.15) is 11.1 Å². The molecular weight excluding hydrogens is 549 g/mol. The molecular formula is C25H17Cl4N2OPS. The third-order valence-corrected chi connectivity index (χ3v) is 8.97. The summed E-state index contributed by atoms with van der Waals surface area (Å²) in [6.07, 6.45) is 0. The second-order valence-electron chi connectivity index (χ2n) is 7.17. The van der Waals surface area contributed by atoms with E-state index < -0.39 is 7.29 Å². The summed E-state index contributed by atoms with van der Waals surface area (Å²) >= 11 is 26.8.